The normalized spacial score (nSPS) is 17.0. The third-order valence-corrected chi connectivity index (χ3v) is 5.13. The number of fused-ring (bicyclic) bond motifs is 3. The van der Waals surface area contributed by atoms with Crippen molar-refractivity contribution in [2.75, 3.05) is 26.7 Å². The van der Waals surface area contributed by atoms with Crippen LogP contribution in [0, 0.1) is 0 Å². The van der Waals surface area contributed by atoms with Gasteiger partial charge in [0.15, 0.2) is 5.58 Å². The molecule has 1 aliphatic heterocycles. The molecule has 1 aromatic carbocycles. The molecule has 0 amide bonds. The van der Waals surface area contributed by atoms with Gasteiger partial charge in [0, 0.05) is 18.0 Å². The Kier molecular flexibility index (Phi) is 4.70. The number of esters is 1. The largest absolute Gasteiger partial charge is 0.464 e. The number of para-hydroxylation sites is 1. The Bertz CT molecular complexity index is 921. The molecule has 4 rings (SSSR count). The maximum Gasteiger partial charge on any atom is 0.354 e. The summed E-state index contributed by atoms with van der Waals surface area (Å²) >= 11 is 0. The number of likely N-dealkylation sites (tertiary alicyclic amines) is 1. The maximum atomic E-state index is 12.2. The molecule has 3 heterocycles. The highest BCUT2D eigenvalue weighted by atomic mass is 16.5. The predicted octanol–water partition coefficient (Wildman–Crippen LogP) is 3.02. The molecule has 1 fully saturated rings. The average molecular weight is 356 g/mol. The van der Waals surface area contributed by atoms with Gasteiger partial charge in [0.1, 0.15) is 11.3 Å². The van der Waals surface area contributed by atoms with Gasteiger partial charge in [-0.15, -0.1) is 0 Å². The number of methoxy groups -OCH3 is 1. The number of nitrogens with zero attached hydrogens (tertiary/aromatic N) is 2. The van der Waals surface area contributed by atoms with E-state index in [0.29, 0.717) is 24.4 Å². The highest BCUT2D eigenvalue weighted by molar-refractivity contribution is 6.06. The fourth-order valence-electron chi connectivity index (χ4n) is 3.92. The van der Waals surface area contributed by atoms with Crippen LogP contribution in [0.2, 0.25) is 0 Å². The summed E-state index contributed by atoms with van der Waals surface area (Å²) in [6.07, 6.45) is 3.06. The molecule has 0 radical (unpaired) electrons. The number of furan rings is 1. The zero-order valence-electron chi connectivity index (χ0n) is 15.0. The standard InChI is InChI=1S/C20H24N2O4/c1-25-20(24)16-11-18-19(15-7-3-4-8-17(15)26-18)22(16)13-14(23)12-21-9-5-2-6-10-21/h3-4,7-8,11,14,23H,2,5-6,9-10,12-13H2,1H3/t14-/m0/s1. The highest BCUT2D eigenvalue weighted by Gasteiger charge is 2.23. The number of benzene rings is 1. The molecule has 26 heavy (non-hydrogen) atoms. The number of aromatic nitrogens is 1. The van der Waals surface area contributed by atoms with E-state index in [1.165, 1.54) is 26.4 Å². The molecule has 2 aromatic heterocycles. The Balaban J connectivity index is 1.69. The first-order chi connectivity index (χ1) is 12.7. The Morgan fingerprint density at radius 2 is 1.96 bits per heavy atom. The Labute approximate surface area is 151 Å². The number of hydrogen-bond donors (Lipinski definition) is 1. The van der Waals surface area contributed by atoms with Crippen LogP contribution >= 0.6 is 0 Å². The zero-order chi connectivity index (χ0) is 18.1. The monoisotopic (exact) mass is 356 g/mol. The van der Waals surface area contributed by atoms with Gasteiger partial charge < -0.3 is 23.7 Å². The molecule has 0 aliphatic carbocycles. The minimum absolute atomic E-state index is 0.327. The number of aliphatic hydroxyl groups excluding tert-OH is 1. The minimum atomic E-state index is -0.569. The summed E-state index contributed by atoms with van der Waals surface area (Å²) in [6.45, 7) is 2.98. The van der Waals surface area contributed by atoms with Crippen LogP contribution in [0.4, 0.5) is 0 Å². The molecular formula is C20H24N2O4. The van der Waals surface area contributed by atoms with E-state index in [-0.39, 0.29) is 0 Å². The van der Waals surface area contributed by atoms with Crippen molar-refractivity contribution in [1.82, 2.24) is 9.47 Å². The van der Waals surface area contributed by atoms with E-state index in [1.54, 1.807) is 6.07 Å². The lowest BCUT2D eigenvalue weighted by molar-refractivity contribution is 0.0577. The quantitative estimate of drug-likeness (QED) is 0.712. The number of hydrogen-bond acceptors (Lipinski definition) is 5. The molecule has 0 unspecified atom stereocenters. The second-order valence-electron chi connectivity index (χ2n) is 6.96. The van der Waals surface area contributed by atoms with Crippen LogP contribution in [-0.2, 0) is 11.3 Å². The average Bonchev–Trinajstić information content (AvgIpc) is 3.18. The van der Waals surface area contributed by atoms with Gasteiger partial charge in [-0.3, -0.25) is 0 Å². The van der Waals surface area contributed by atoms with Crippen LogP contribution in [0.1, 0.15) is 29.8 Å². The molecule has 0 spiro atoms. The lowest BCUT2D eigenvalue weighted by Crippen LogP contribution is -2.38. The first-order valence-electron chi connectivity index (χ1n) is 9.17. The van der Waals surface area contributed by atoms with E-state index < -0.39 is 12.1 Å². The number of rotatable bonds is 5. The van der Waals surface area contributed by atoms with Gasteiger partial charge in [-0.2, -0.15) is 0 Å². The van der Waals surface area contributed by atoms with Crippen molar-refractivity contribution >= 4 is 28.0 Å². The van der Waals surface area contributed by atoms with E-state index in [2.05, 4.69) is 4.90 Å². The molecule has 1 N–H and O–H groups in total. The van der Waals surface area contributed by atoms with Crippen LogP contribution in [0.25, 0.3) is 22.1 Å². The summed E-state index contributed by atoms with van der Waals surface area (Å²) in [6, 6.07) is 9.43. The highest BCUT2D eigenvalue weighted by Crippen LogP contribution is 2.32. The zero-order valence-corrected chi connectivity index (χ0v) is 15.0. The minimum Gasteiger partial charge on any atom is -0.464 e. The summed E-state index contributed by atoms with van der Waals surface area (Å²) in [5.41, 5.74) is 2.65. The number of carbonyl (C=O) groups excluding carboxylic acids is 1. The second kappa shape index (κ2) is 7.13. The summed E-state index contributed by atoms with van der Waals surface area (Å²) < 4.78 is 12.6. The topological polar surface area (TPSA) is 67.8 Å². The molecule has 1 saturated heterocycles. The Morgan fingerprint density at radius 1 is 1.19 bits per heavy atom. The van der Waals surface area contributed by atoms with E-state index >= 15 is 0 Å². The molecule has 138 valence electrons. The van der Waals surface area contributed by atoms with Gasteiger partial charge in [0.2, 0.25) is 0 Å². The summed E-state index contributed by atoms with van der Waals surface area (Å²) in [7, 11) is 1.36. The lowest BCUT2D eigenvalue weighted by Gasteiger charge is -2.28. The lowest BCUT2D eigenvalue weighted by atomic mass is 10.1. The molecule has 6 heteroatoms. The number of ether oxygens (including phenoxy) is 1. The first-order valence-corrected chi connectivity index (χ1v) is 9.17. The van der Waals surface area contributed by atoms with Gasteiger partial charge in [0.25, 0.3) is 0 Å². The van der Waals surface area contributed by atoms with Gasteiger partial charge in [-0.1, -0.05) is 18.6 Å². The third-order valence-electron chi connectivity index (χ3n) is 5.13. The van der Waals surface area contributed by atoms with E-state index in [0.717, 1.165) is 29.6 Å². The molecule has 1 atom stereocenters. The fraction of sp³-hybridized carbons (Fsp3) is 0.450. The Morgan fingerprint density at radius 3 is 2.73 bits per heavy atom. The molecular weight excluding hydrogens is 332 g/mol. The fourth-order valence-corrected chi connectivity index (χ4v) is 3.92. The van der Waals surface area contributed by atoms with Gasteiger partial charge in [-0.05, 0) is 38.1 Å². The van der Waals surface area contributed by atoms with Crippen molar-refractivity contribution in [1.29, 1.82) is 0 Å². The van der Waals surface area contributed by atoms with Crippen molar-refractivity contribution in [2.45, 2.75) is 31.9 Å². The molecule has 6 nitrogen and oxygen atoms in total. The molecule has 3 aromatic rings. The number of piperidine rings is 1. The predicted molar refractivity (Wildman–Crippen MR) is 99.3 cm³/mol. The van der Waals surface area contributed by atoms with Gasteiger partial charge in [-0.25, -0.2) is 4.79 Å². The number of carbonyl (C=O) groups is 1. The molecule has 0 bridgehead atoms. The van der Waals surface area contributed by atoms with E-state index in [4.69, 9.17) is 9.15 Å². The SMILES string of the molecule is COC(=O)c1cc2oc3ccccc3c2n1C[C@@H](O)CN1CCCCC1. The van der Waals surface area contributed by atoms with E-state index in [1.807, 2.05) is 28.8 Å². The van der Waals surface area contributed by atoms with Crippen molar-refractivity contribution in [3.05, 3.63) is 36.0 Å². The third kappa shape index (κ3) is 3.10. The van der Waals surface area contributed by atoms with Gasteiger partial charge in [0.05, 0.1) is 25.3 Å². The van der Waals surface area contributed by atoms with Crippen molar-refractivity contribution in [2.24, 2.45) is 0 Å². The van der Waals surface area contributed by atoms with Crippen LogP contribution in [0.5, 0.6) is 0 Å². The smallest absolute Gasteiger partial charge is 0.354 e. The van der Waals surface area contributed by atoms with Crippen molar-refractivity contribution in [3.63, 3.8) is 0 Å². The van der Waals surface area contributed by atoms with E-state index in [9.17, 15) is 9.90 Å². The van der Waals surface area contributed by atoms with Crippen LogP contribution in [0.15, 0.2) is 34.7 Å². The van der Waals surface area contributed by atoms with Crippen molar-refractivity contribution < 1.29 is 19.1 Å². The maximum absolute atomic E-state index is 12.2. The summed E-state index contributed by atoms with van der Waals surface area (Å²) in [5.74, 6) is -0.425. The summed E-state index contributed by atoms with van der Waals surface area (Å²) in [5, 5.41) is 11.6. The molecule has 1 aliphatic rings. The number of aliphatic hydroxyl groups is 1. The summed E-state index contributed by atoms with van der Waals surface area (Å²) in [4.78, 5) is 14.5. The van der Waals surface area contributed by atoms with Crippen molar-refractivity contribution in [3.8, 4) is 0 Å². The van der Waals surface area contributed by atoms with Crippen LogP contribution in [-0.4, -0.2) is 53.4 Å². The first kappa shape index (κ1) is 17.1. The van der Waals surface area contributed by atoms with Gasteiger partial charge >= 0.3 is 5.97 Å². The number of β-amino-alcohol motifs (C(OH)–C–C–N with tert-alkyl or cyclic N) is 1. The van der Waals surface area contributed by atoms with Crippen LogP contribution < -0.4 is 0 Å². The second-order valence-corrected chi connectivity index (χ2v) is 6.96. The Hall–Kier alpha value is -2.31. The van der Waals surface area contributed by atoms with Crippen LogP contribution in [0.3, 0.4) is 0 Å². The molecule has 0 saturated carbocycles.